The molecule has 66 valence electrons. The summed E-state index contributed by atoms with van der Waals surface area (Å²) in [5.41, 5.74) is 0.367. The summed E-state index contributed by atoms with van der Waals surface area (Å²) in [6.45, 7) is 6.92. The molecule has 0 bridgehead atoms. The fraction of sp³-hybridized carbons (Fsp3) is 1.00. The highest BCUT2D eigenvalue weighted by Crippen LogP contribution is 2.41. The van der Waals surface area contributed by atoms with E-state index in [0.717, 1.165) is 11.8 Å². The Kier molecular flexibility index (Phi) is 2.58. The van der Waals surface area contributed by atoms with E-state index in [4.69, 9.17) is 0 Å². The third-order valence-electron chi connectivity index (χ3n) is 3.48. The molecule has 0 amide bonds. The van der Waals surface area contributed by atoms with Crippen molar-refractivity contribution in [2.24, 2.45) is 11.8 Å². The van der Waals surface area contributed by atoms with Crippen molar-refractivity contribution in [3.8, 4) is 0 Å². The number of hydrogen-bond acceptors (Lipinski definition) is 1. The van der Waals surface area contributed by atoms with Gasteiger partial charge in [0.15, 0.2) is 0 Å². The van der Waals surface area contributed by atoms with E-state index in [1.54, 1.807) is 0 Å². The lowest BCUT2D eigenvalue weighted by molar-refractivity contribution is 0.0965. The molecule has 0 aromatic rings. The van der Waals surface area contributed by atoms with Crippen molar-refractivity contribution in [1.82, 2.24) is 5.32 Å². The minimum Gasteiger partial charge on any atom is -0.315 e. The number of rotatable bonds is 3. The molecular formula is C10H21N. The first-order valence-electron chi connectivity index (χ1n) is 4.79. The Morgan fingerprint density at radius 2 is 1.91 bits per heavy atom. The van der Waals surface area contributed by atoms with Crippen LogP contribution in [0.4, 0.5) is 0 Å². The van der Waals surface area contributed by atoms with Crippen LogP contribution < -0.4 is 5.32 Å². The minimum atomic E-state index is 0.367. The fourth-order valence-corrected chi connectivity index (χ4v) is 1.86. The molecule has 0 unspecified atom stereocenters. The van der Waals surface area contributed by atoms with Crippen molar-refractivity contribution in [3.05, 3.63) is 0 Å². The second-order valence-electron chi connectivity index (χ2n) is 4.41. The molecule has 1 fully saturated rings. The van der Waals surface area contributed by atoms with Crippen molar-refractivity contribution < 1.29 is 0 Å². The zero-order chi connectivity index (χ0) is 8.48. The fourth-order valence-electron chi connectivity index (χ4n) is 1.86. The highest BCUT2D eigenvalue weighted by atomic mass is 14.9. The Hall–Kier alpha value is -0.0400. The zero-order valence-electron chi connectivity index (χ0n) is 8.28. The Labute approximate surface area is 70.6 Å². The van der Waals surface area contributed by atoms with E-state index in [-0.39, 0.29) is 0 Å². The molecule has 1 aliphatic carbocycles. The number of hydrogen-bond donors (Lipinski definition) is 1. The van der Waals surface area contributed by atoms with Crippen LogP contribution in [0.15, 0.2) is 0 Å². The Morgan fingerprint density at radius 3 is 2.27 bits per heavy atom. The molecule has 1 nitrogen and oxygen atoms in total. The van der Waals surface area contributed by atoms with E-state index < -0.39 is 0 Å². The lowest BCUT2D eigenvalue weighted by atomic mass is 9.65. The lowest BCUT2D eigenvalue weighted by Crippen LogP contribution is -2.49. The molecule has 0 radical (unpaired) electrons. The Balaban J connectivity index is 2.31. The first-order chi connectivity index (χ1) is 5.10. The Morgan fingerprint density at radius 1 is 1.36 bits per heavy atom. The highest BCUT2D eigenvalue weighted by Gasteiger charge is 2.37. The van der Waals surface area contributed by atoms with Crippen molar-refractivity contribution in [2.75, 3.05) is 7.05 Å². The topological polar surface area (TPSA) is 12.0 Å². The summed E-state index contributed by atoms with van der Waals surface area (Å²) in [4.78, 5) is 0. The quantitative estimate of drug-likeness (QED) is 0.660. The maximum atomic E-state index is 3.39. The van der Waals surface area contributed by atoms with Crippen LogP contribution in [0.1, 0.15) is 40.0 Å². The van der Waals surface area contributed by atoms with Crippen molar-refractivity contribution in [3.63, 3.8) is 0 Å². The second-order valence-corrected chi connectivity index (χ2v) is 4.41. The molecule has 0 saturated heterocycles. The largest absolute Gasteiger partial charge is 0.315 e. The summed E-state index contributed by atoms with van der Waals surface area (Å²) in [5, 5.41) is 3.39. The van der Waals surface area contributed by atoms with Crippen LogP contribution in [0.5, 0.6) is 0 Å². The van der Waals surface area contributed by atoms with Crippen LogP contribution in [0.25, 0.3) is 0 Å². The summed E-state index contributed by atoms with van der Waals surface area (Å²) < 4.78 is 0. The average Bonchev–Trinajstić information content (AvgIpc) is 1.85. The minimum absolute atomic E-state index is 0.367. The van der Waals surface area contributed by atoms with E-state index in [0.29, 0.717) is 5.54 Å². The molecule has 0 atom stereocenters. The Bertz CT molecular complexity index is 123. The molecule has 0 heterocycles. The highest BCUT2D eigenvalue weighted by molar-refractivity contribution is 4.93. The van der Waals surface area contributed by atoms with E-state index in [2.05, 4.69) is 33.1 Å². The van der Waals surface area contributed by atoms with Gasteiger partial charge < -0.3 is 5.32 Å². The van der Waals surface area contributed by atoms with Crippen LogP contribution in [0.2, 0.25) is 0 Å². The molecule has 1 saturated carbocycles. The summed E-state index contributed by atoms with van der Waals surface area (Å²) in [5.74, 6) is 1.94. The molecule has 0 aromatic carbocycles. The van der Waals surface area contributed by atoms with Gasteiger partial charge in [0.05, 0.1) is 0 Å². The molecule has 1 N–H and O–H groups in total. The number of nitrogens with one attached hydrogen (secondary N) is 1. The molecule has 11 heavy (non-hydrogen) atoms. The summed E-state index contributed by atoms with van der Waals surface area (Å²) in [7, 11) is 2.07. The molecule has 1 rings (SSSR count). The first kappa shape index (κ1) is 9.05. The van der Waals surface area contributed by atoms with Crippen LogP contribution in [0, 0.1) is 11.8 Å². The molecular weight excluding hydrogens is 134 g/mol. The molecule has 0 aromatic heterocycles. The van der Waals surface area contributed by atoms with E-state index >= 15 is 0 Å². The van der Waals surface area contributed by atoms with Crippen LogP contribution in [-0.4, -0.2) is 12.6 Å². The van der Waals surface area contributed by atoms with Gasteiger partial charge in [0.25, 0.3) is 0 Å². The van der Waals surface area contributed by atoms with Crippen LogP contribution in [-0.2, 0) is 0 Å². The third-order valence-corrected chi connectivity index (χ3v) is 3.48. The van der Waals surface area contributed by atoms with Gasteiger partial charge in [-0.15, -0.1) is 0 Å². The monoisotopic (exact) mass is 155 g/mol. The van der Waals surface area contributed by atoms with Gasteiger partial charge in [0, 0.05) is 5.54 Å². The first-order valence-corrected chi connectivity index (χ1v) is 4.79. The zero-order valence-corrected chi connectivity index (χ0v) is 8.28. The third kappa shape index (κ3) is 1.76. The maximum absolute atomic E-state index is 3.39. The van der Waals surface area contributed by atoms with Crippen LogP contribution in [0.3, 0.4) is 0 Å². The summed E-state index contributed by atoms with van der Waals surface area (Å²) in [6, 6.07) is 0. The summed E-state index contributed by atoms with van der Waals surface area (Å²) in [6.07, 6.45) is 4.24. The predicted octanol–water partition coefficient (Wildman–Crippen LogP) is 2.42. The van der Waals surface area contributed by atoms with E-state index in [1.807, 2.05) is 0 Å². The van der Waals surface area contributed by atoms with E-state index in [1.165, 1.54) is 19.3 Å². The van der Waals surface area contributed by atoms with Gasteiger partial charge in [-0.3, -0.25) is 0 Å². The maximum Gasteiger partial charge on any atom is 0.0150 e. The van der Waals surface area contributed by atoms with Crippen molar-refractivity contribution in [1.29, 1.82) is 0 Å². The van der Waals surface area contributed by atoms with E-state index in [9.17, 15) is 0 Å². The van der Waals surface area contributed by atoms with Crippen molar-refractivity contribution in [2.45, 2.75) is 45.6 Å². The smallest absolute Gasteiger partial charge is 0.0150 e. The SMILES string of the molecule is CCC1CC(C(C)(C)NC)C1. The lowest BCUT2D eigenvalue weighted by Gasteiger charge is -2.45. The standard InChI is InChI=1S/C10H21N/c1-5-8-6-9(7-8)10(2,3)11-4/h8-9,11H,5-7H2,1-4H3. The predicted molar refractivity (Wildman–Crippen MR) is 49.6 cm³/mol. The molecule has 0 spiro atoms. The van der Waals surface area contributed by atoms with Gasteiger partial charge in [0.1, 0.15) is 0 Å². The molecule has 0 aliphatic heterocycles. The molecule has 1 heteroatoms. The van der Waals surface area contributed by atoms with Gasteiger partial charge in [-0.25, -0.2) is 0 Å². The van der Waals surface area contributed by atoms with Crippen molar-refractivity contribution >= 4 is 0 Å². The van der Waals surface area contributed by atoms with Gasteiger partial charge in [-0.1, -0.05) is 13.3 Å². The average molecular weight is 155 g/mol. The van der Waals surface area contributed by atoms with Gasteiger partial charge in [-0.2, -0.15) is 0 Å². The normalized spacial score (nSPS) is 31.6. The molecule has 1 aliphatic rings. The van der Waals surface area contributed by atoms with Gasteiger partial charge in [-0.05, 0) is 45.6 Å². The second kappa shape index (κ2) is 3.14. The van der Waals surface area contributed by atoms with Gasteiger partial charge in [0.2, 0.25) is 0 Å². The van der Waals surface area contributed by atoms with Crippen LogP contribution >= 0.6 is 0 Å². The summed E-state index contributed by atoms with van der Waals surface area (Å²) >= 11 is 0. The van der Waals surface area contributed by atoms with Gasteiger partial charge >= 0.3 is 0 Å².